The molecule has 0 radical (unpaired) electrons. The third-order valence-electron chi connectivity index (χ3n) is 3.61. The fourth-order valence-corrected chi connectivity index (χ4v) is 4.45. The molecular weight excluding hydrogens is 240 g/mol. The summed E-state index contributed by atoms with van der Waals surface area (Å²) in [7, 11) is -2.96. The number of sulfone groups is 1. The first-order chi connectivity index (χ1) is 8.04. The molecule has 2 unspecified atom stereocenters. The molecular formula is C11H20N2O3S. The van der Waals surface area contributed by atoms with Gasteiger partial charge in [0.15, 0.2) is 9.84 Å². The largest absolute Gasteiger partial charge is 0.325 e. The van der Waals surface area contributed by atoms with E-state index < -0.39 is 9.84 Å². The first-order valence-electron chi connectivity index (χ1n) is 6.29. The Kier molecular flexibility index (Phi) is 3.73. The minimum atomic E-state index is -2.96. The first kappa shape index (κ1) is 12.8. The van der Waals surface area contributed by atoms with Crippen molar-refractivity contribution in [3.63, 3.8) is 0 Å². The second-order valence-corrected chi connectivity index (χ2v) is 7.26. The van der Waals surface area contributed by atoms with Crippen LogP contribution in [-0.4, -0.2) is 49.5 Å². The third kappa shape index (κ3) is 2.63. The van der Waals surface area contributed by atoms with Crippen molar-refractivity contribution in [3.05, 3.63) is 0 Å². The van der Waals surface area contributed by atoms with Gasteiger partial charge in [-0.15, -0.1) is 0 Å². The van der Waals surface area contributed by atoms with Gasteiger partial charge in [0.25, 0.3) is 0 Å². The summed E-state index contributed by atoms with van der Waals surface area (Å²) in [4.78, 5) is 13.4. The number of carbonyl (C=O) groups excluding carboxylic acids is 1. The predicted octanol–water partition coefficient (Wildman–Crippen LogP) is 0.122. The van der Waals surface area contributed by atoms with E-state index in [1.807, 2.05) is 0 Å². The van der Waals surface area contributed by atoms with Gasteiger partial charge in [-0.05, 0) is 19.3 Å². The molecule has 0 aromatic rings. The maximum atomic E-state index is 11.8. The average molecular weight is 260 g/mol. The summed E-state index contributed by atoms with van der Waals surface area (Å²) >= 11 is 0. The van der Waals surface area contributed by atoms with Crippen LogP contribution in [0.15, 0.2) is 0 Å². The molecule has 6 heteroatoms. The number of carbonyl (C=O) groups is 1. The highest BCUT2D eigenvalue weighted by molar-refractivity contribution is 7.92. The van der Waals surface area contributed by atoms with Gasteiger partial charge < -0.3 is 4.90 Å². The van der Waals surface area contributed by atoms with Crippen LogP contribution in [0.25, 0.3) is 0 Å². The van der Waals surface area contributed by atoms with Crippen LogP contribution in [0, 0.1) is 0 Å². The Labute approximate surface area is 102 Å². The molecule has 2 saturated heterocycles. The molecule has 0 spiro atoms. The minimum Gasteiger partial charge on any atom is -0.325 e. The number of hydrogen-bond acceptors (Lipinski definition) is 4. The van der Waals surface area contributed by atoms with E-state index in [2.05, 4.69) is 12.2 Å². The van der Waals surface area contributed by atoms with Crippen molar-refractivity contribution in [2.24, 2.45) is 0 Å². The van der Waals surface area contributed by atoms with Crippen LogP contribution in [-0.2, 0) is 14.6 Å². The molecule has 0 aromatic heterocycles. The summed E-state index contributed by atoms with van der Waals surface area (Å²) < 4.78 is 23.5. The number of rotatable bonds is 4. The van der Waals surface area contributed by atoms with Crippen molar-refractivity contribution >= 4 is 15.7 Å². The number of nitrogens with zero attached hydrogens (tertiary/aromatic N) is 1. The standard InChI is InChI=1S/C11H20N2O3S/c1-2-4-10-12-7-11(14)13(10)8-9-5-3-6-17(9,15)16/h9-10,12H,2-8H2,1H3. The van der Waals surface area contributed by atoms with E-state index in [1.54, 1.807) is 4.90 Å². The Morgan fingerprint density at radius 2 is 2.24 bits per heavy atom. The Hall–Kier alpha value is -0.620. The fraction of sp³-hybridized carbons (Fsp3) is 0.909. The summed E-state index contributed by atoms with van der Waals surface area (Å²) in [5.41, 5.74) is 0. The maximum Gasteiger partial charge on any atom is 0.237 e. The molecule has 2 aliphatic rings. The van der Waals surface area contributed by atoms with Gasteiger partial charge in [-0.2, -0.15) is 0 Å². The summed E-state index contributed by atoms with van der Waals surface area (Å²) in [6.07, 6.45) is 3.34. The summed E-state index contributed by atoms with van der Waals surface area (Å²) in [5.74, 6) is 0.316. The molecule has 2 heterocycles. The van der Waals surface area contributed by atoms with Gasteiger partial charge in [0.1, 0.15) is 0 Å². The minimum absolute atomic E-state index is 0.0308. The van der Waals surface area contributed by atoms with Crippen molar-refractivity contribution in [2.45, 2.75) is 44.0 Å². The van der Waals surface area contributed by atoms with Gasteiger partial charge in [0, 0.05) is 6.54 Å². The Morgan fingerprint density at radius 1 is 1.47 bits per heavy atom. The Bertz CT molecular complexity index is 394. The van der Waals surface area contributed by atoms with Crippen LogP contribution in [0.2, 0.25) is 0 Å². The van der Waals surface area contributed by atoms with Crippen molar-refractivity contribution < 1.29 is 13.2 Å². The van der Waals surface area contributed by atoms with Gasteiger partial charge in [-0.25, -0.2) is 8.42 Å². The van der Waals surface area contributed by atoms with Gasteiger partial charge in [-0.3, -0.25) is 10.1 Å². The predicted molar refractivity (Wildman–Crippen MR) is 65.2 cm³/mol. The molecule has 1 amide bonds. The molecule has 5 nitrogen and oxygen atoms in total. The topological polar surface area (TPSA) is 66.5 Å². The fourth-order valence-electron chi connectivity index (χ4n) is 2.63. The molecule has 2 atom stereocenters. The first-order valence-corrected chi connectivity index (χ1v) is 8.00. The molecule has 0 bridgehead atoms. The van der Waals surface area contributed by atoms with Crippen molar-refractivity contribution in [1.82, 2.24) is 10.2 Å². The lowest BCUT2D eigenvalue weighted by molar-refractivity contribution is -0.128. The van der Waals surface area contributed by atoms with Crippen LogP contribution >= 0.6 is 0 Å². The lowest BCUT2D eigenvalue weighted by atomic mass is 10.2. The molecule has 0 aliphatic carbocycles. The van der Waals surface area contributed by atoms with E-state index in [9.17, 15) is 13.2 Å². The zero-order chi connectivity index (χ0) is 12.5. The normalized spacial score (nSPS) is 32.3. The van der Waals surface area contributed by atoms with Crippen LogP contribution < -0.4 is 5.32 Å². The number of hydrogen-bond donors (Lipinski definition) is 1. The van der Waals surface area contributed by atoms with Gasteiger partial charge in [0.05, 0.1) is 23.7 Å². The molecule has 1 N–H and O–H groups in total. The average Bonchev–Trinajstić information content (AvgIpc) is 2.76. The SMILES string of the molecule is CCCC1NCC(=O)N1CC1CCCS1(=O)=O. The van der Waals surface area contributed by atoms with Crippen molar-refractivity contribution in [1.29, 1.82) is 0 Å². The van der Waals surface area contributed by atoms with Crippen LogP contribution in [0.1, 0.15) is 32.6 Å². The second kappa shape index (κ2) is 4.94. The summed E-state index contributed by atoms with van der Waals surface area (Å²) in [5, 5.41) is 2.80. The van der Waals surface area contributed by atoms with Crippen LogP contribution in [0.5, 0.6) is 0 Å². The zero-order valence-electron chi connectivity index (χ0n) is 10.2. The highest BCUT2D eigenvalue weighted by atomic mass is 32.2. The third-order valence-corrected chi connectivity index (χ3v) is 5.87. The smallest absolute Gasteiger partial charge is 0.237 e. The monoisotopic (exact) mass is 260 g/mol. The lowest BCUT2D eigenvalue weighted by Gasteiger charge is -2.26. The quantitative estimate of drug-likeness (QED) is 0.780. The van der Waals surface area contributed by atoms with E-state index >= 15 is 0 Å². The molecule has 98 valence electrons. The molecule has 2 aliphatic heterocycles. The molecule has 17 heavy (non-hydrogen) atoms. The number of amides is 1. The maximum absolute atomic E-state index is 11.8. The number of nitrogens with one attached hydrogen (secondary N) is 1. The van der Waals surface area contributed by atoms with E-state index in [-0.39, 0.29) is 23.1 Å². The van der Waals surface area contributed by atoms with Gasteiger partial charge in [-0.1, -0.05) is 13.3 Å². The molecule has 2 fully saturated rings. The van der Waals surface area contributed by atoms with Crippen LogP contribution in [0.4, 0.5) is 0 Å². The van der Waals surface area contributed by atoms with E-state index in [1.165, 1.54) is 0 Å². The molecule has 0 saturated carbocycles. The molecule has 2 rings (SSSR count). The van der Waals surface area contributed by atoms with Crippen molar-refractivity contribution in [3.8, 4) is 0 Å². The van der Waals surface area contributed by atoms with E-state index in [0.29, 0.717) is 19.5 Å². The zero-order valence-corrected chi connectivity index (χ0v) is 11.0. The Balaban J connectivity index is 2.03. The lowest BCUT2D eigenvalue weighted by Crippen LogP contribution is -2.43. The van der Waals surface area contributed by atoms with Crippen molar-refractivity contribution in [2.75, 3.05) is 18.8 Å². The highest BCUT2D eigenvalue weighted by Crippen LogP contribution is 2.23. The Morgan fingerprint density at radius 3 is 2.82 bits per heavy atom. The van der Waals surface area contributed by atoms with E-state index in [4.69, 9.17) is 0 Å². The van der Waals surface area contributed by atoms with Gasteiger partial charge >= 0.3 is 0 Å². The van der Waals surface area contributed by atoms with Gasteiger partial charge in [0.2, 0.25) is 5.91 Å². The molecule has 0 aromatic carbocycles. The second-order valence-electron chi connectivity index (χ2n) is 4.86. The summed E-state index contributed by atoms with van der Waals surface area (Å²) in [6.45, 7) is 2.78. The van der Waals surface area contributed by atoms with E-state index in [0.717, 1.165) is 19.3 Å². The highest BCUT2D eigenvalue weighted by Gasteiger charge is 2.37. The summed E-state index contributed by atoms with van der Waals surface area (Å²) in [6, 6.07) is 0. The van der Waals surface area contributed by atoms with Crippen LogP contribution in [0.3, 0.4) is 0 Å².